The van der Waals surface area contributed by atoms with Crippen molar-refractivity contribution in [2.24, 2.45) is 10.2 Å². The lowest BCUT2D eigenvalue weighted by molar-refractivity contribution is -0.107. The predicted octanol–water partition coefficient (Wildman–Crippen LogP) is 3.60. The first-order valence-electron chi connectivity index (χ1n) is 9.65. The highest BCUT2D eigenvalue weighted by Crippen LogP contribution is 2.38. The zero-order valence-electron chi connectivity index (χ0n) is 16.7. The molecular formula is C23H26N4O. The summed E-state index contributed by atoms with van der Waals surface area (Å²) in [7, 11) is 0. The normalized spacial score (nSPS) is 24.7. The fourth-order valence-electron chi connectivity index (χ4n) is 4.29. The highest BCUT2D eigenvalue weighted by Gasteiger charge is 2.48. The second-order valence-corrected chi connectivity index (χ2v) is 8.68. The Morgan fingerprint density at radius 2 is 1.07 bits per heavy atom. The van der Waals surface area contributed by atoms with Crippen LogP contribution in [0.25, 0.3) is 0 Å². The van der Waals surface area contributed by atoms with Crippen molar-refractivity contribution in [1.29, 1.82) is 0 Å². The third-order valence-electron chi connectivity index (χ3n) is 5.65. The summed E-state index contributed by atoms with van der Waals surface area (Å²) in [5.41, 5.74) is 8.83. The molecule has 28 heavy (non-hydrogen) atoms. The van der Waals surface area contributed by atoms with Gasteiger partial charge >= 0.3 is 0 Å². The summed E-state index contributed by atoms with van der Waals surface area (Å²) in [5.74, 6) is -0.369. The molecule has 0 radical (unpaired) electrons. The van der Waals surface area contributed by atoms with Crippen LogP contribution in [0.1, 0.15) is 50.7 Å². The van der Waals surface area contributed by atoms with E-state index in [1.54, 1.807) is 0 Å². The minimum atomic E-state index is -0.350. The van der Waals surface area contributed by atoms with Crippen LogP contribution >= 0.6 is 0 Å². The van der Waals surface area contributed by atoms with Crippen LogP contribution in [0.2, 0.25) is 0 Å². The van der Waals surface area contributed by atoms with E-state index in [-0.39, 0.29) is 28.7 Å². The molecule has 0 saturated heterocycles. The number of ketones is 1. The first kappa shape index (κ1) is 18.4. The SMILES string of the molecule is CC1(C)NN=C(C(=O)C2=NNC(C)(C)[C@@H]2c2ccccc2)[C@H]1c1ccccc1. The second kappa shape index (κ2) is 6.59. The quantitative estimate of drug-likeness (QED) is 0.859. The van der Waals surface area contributed by atoms with Gasteiger partial charge in [0.2, 0.25) is 5.78 Å². The molecule has 0 aromatic heterocycles. The second-order valence-electron chi connectivity index (χ2n) is 8.68. The Kier molecular flexibility index (Phi) is 4.33. The van der Waals surface area contributed by atoms with Crippen LogP contribution < -0.4 is 10.9 Å². The molecular weight excluding hydrogens is 348 g/mol. The van der Waals surface area contributed by atoms with Crippen molar-refractivity contribution in [2.75, 3.05) is 0 Å². The largest absolute Gasteiger partial charge is 0.303 e. The van der Waals surface area contributed by atoms with E-state index in [1.165, 1.54) is 0 Å². The van der Waals surface area contributed by atoms with Gasteiger partial charge in [-0.15, -0.1) is 0 Å². The molecule has 2 aliphatic rings. The lowest BCUT2D eigenvalue weighted by Crippen LogP contribution is -2.43. The van der Waals surface area contributed by atoms with Crippen LogP contribution in [0.3, 0.4) is 0 Å². The number of hydrogen-bond acceptors (Lipinski definition) is 5. The molecule has 2 heterocycles. The summed E-state index contributed by atoms with van der Waals surface area (Å²) < 4.78 is 0. The van der Waals surface area contributed by atoms with Gasteiger partial charge in [-0.3, -0.25) is 4.79 Å². The Bertz CT molecular complexity index is 868. The number of nitrogens with one attached hydrogen (secondary N) is 2. The summed E-state index contributed by atoms with van der Waals surface area (Å²) >= 11 is 0. The molecule has 0 aliphatic carbocycles. The highest BCUT2D eigenvalue weighted by molar-refractivity contribution is 6.68. The maximum atomic E-state index is 13.6. The van der Waals surface area contributed by atoms with Gasteiger partial charge in [-0.05, 0) is 38.8 Å². The lowest BCUT2D eigenvalue weighted by Gasteiger charge is -2.29. The van der Waals surface area contributed by atoms with Crippen molar-refractivity contribution in [2.45, 2.75) is 50.6 Å². The van der Waals surface area contributed by atoms with Gasteiger partial charge in [-0.1, -0.05) is 60.7 Å². The molecule has 5 nitrogen and oxygen atoms in total. The summed E-state index contributed by atoms with van der Waals surface area (Å²) in [6.45, 7) is 8.28. The Morgan fingerprint density at radius 3 is 1.43 bits per heavy atom. The van der Waals surface area contributed by atoms with Crippen molar-refractivity contribution in [3.8, 4) is 0 Å². The highest BCUT2D eigenvalue weighted by atomic mass is 16.1. The molecule has 0 bridgehead atoms. The maximum absolute atomic E-state index is 13.6. The van der Waals surface area contributed by atoms with E-state index in [9.17, 15) is 4.79 Å². The van der Waals surface area contributed by atoms with Crippen LogP contribution in [0.5, 0.6) is 0 Å². The maximum Gasteiger partial charge on any atom is 0.226 e. The van der Waals surface area contributed by atoms with Crippen molar-refractivity contribution in [3.05, 3.63) is 71.8 Å². The molecule has 5 heteroatoms. The molecule has 4 rings (SSSR count). The number of nitrogens with zero attached hydrogens (tertiary/aromatic N) is 2. The van der Waals surface area contributed by atoms with Crippen molar-refractivity contribution >= 4 is 17.2 Å². The Morgan fingerprint density at radius 1 is 0.714 bits per heavy atom. The first-order valence-corrected chi connectivity index (χ1v) is 9.65. The van der Waals surface area contributed by atoms with Gasteiger partial charge in [0.15, 0.2) is 0 Å². The topological polar surface area (TPSA) is 65.8 Å². The molecule has 2 aromatic rings. The number of Topliss-reactive ketones (excluding diaryl/α,β-unsaturated/α-hetero) is 1. The number of hydrogen-bond donors (Lipinski definition) is 2. The fourth-order valence-corrected chi connectivity index (χ4v) is 4.29. The number of hydrazone groups is 2. The van der Waals surface area contributed by atoms with E-state index in [4.69, 9.17) is 0 Å². The summed E-state index contributed by atoms with van der Waals surface area (Å²) in [4.78, 5) is 13.6. The molecule has 2 aromatic carbocycles. The fraction of sp³-hybridized carbons (Fsp3) is 0.348. The molecule has 0 unspecified atom stereocenters. The smallest absolute Gasteiger partial charge is 0.226 e. The minimum absolute atomic E-state index is 0.0983. The Labute approximate surface area is 165 Å². The summed E-state index contributed by atoms with van der Waals surface area (Å²) in [5, 5.41) is 8.95. The Balaban J connectivity index is 1.72. The van der Waals surface area contributed by atoms with E-state index >= 15 is 0 Å². The first-order chi connectivity index (χ1) is 13.3. The molecule has 2 aliphatic heterocycles. The van der Waals surface area contributed by atoms with Gasteiger partial charge in [0.05, 0.1) is 22.9 Å². The van der Waals surface area contributed by atoms with Gasteiger partial charge in [-0.25, -0.2) is 0 Å². The summed E-state index contributed by atoms with van der Waals surface area (Å²) in [6.07, 6.45) is 0. The van der Waals surface area contributed by atoms with Crippen LogP contribution in [0.4, 0.5) is 0 Å². The van der Waals surface area contributed by atoms with Gasteiger partial charge in [0, 0.05) is 0 Å². The van der Waals surface area contributed by atoms with E-state index in [2.05, 4.69) is 73.0 Å². The average molecular weight is 374 g/mol. The molecule has 0 amide bonds. The van der Waals surface area contributed by atoms with Crippen LogP contribution in [0, 0.1) is 0 Å². The zero-order valence-corrected chi connectivity index (χ0v) is 16.7. The van der Waals surface area contributed by atoms with Crippen molar-refractivity contribution in [1.82, 2.24) is 10.9 Å². The van der Waals surface area contributed by atoms with E-state index in [0.29, 0.717) is 11.4 Å². The van der Waals surface area contributed by atoms with Gasteiger partial charge in [0.1, 0.15) is 11.4 Å². The van der Waals surface area contributed by atoms with E-state index in [1.807, 2.05) is 36.4 Å². The molecule has 0 fully saturated rings. The lowest BCUT2D eigenvalue weighted by atomic mass is 9.74. The predicted molar refractivity (Wildman–Crippen MR) is 113 cm³/mol. The van der Waals surface area contributed by atoms with Crippen LogP contribution in [-0.2, 0) is 4.79 Å². The van der Waals surface area contributed by atoms with Crippen molar-refractivity contribution < 1.29 is 4.79 Å². The number of carbonyl (C=O) groups excluding carboxylic acids is 1. The molecule has 0 spiro atoms. The summed E-state index contributed by atoms with van der Waals surface area (Å²) in [6, 6.07) is 20.2. The van der Waals surface area contributed by atoms with E-state index in [0.717, 1.165) is 11.1 Å². The molecule has 2 atom stereocenters. The average Bonchev–Trinajstić information content (AvgIpc) is 3.17. The third-order valence-corrected chi connectivity index (χ3v) is 5.65. The minimum Gasteiger partial charge on any atom is -0.303 e. The zero-order chi connectivity index (χ0) is 19.9. The van der Waals surface area contributed by atoms with E-state index < -0.39 is 0 Å². The van der Waals surface area contributed by atoms with Gasteiger partial charge < -0.3 is 10.9 Å². The Hall–Kier alpha value is -2.95. The molecule has 144 valence electrons. The number of rotatable bonds is 4. The number of benzene rings is 2. The van der Waals surface area contributed by atoms with Gasteiger partial charge in [-0.2, -0.15) is 10.2 Å². The monoisotopic (exact) mass is 374 g/mol. The van der Waals surface area contributed by atoms with Crippen molar-refractivity contribution in [3.63, 3.8) is 0 Å². The standard InChI is InChI=1S/C23H26N4O/c1-22(2)17(15-11-7-5-8-12-15)19(24-26-22)21(28)20-18(23(3,4)27-25-20)16-13-9-6-10-14-16/h5-14,17-18,26-27H,1-4H3/t17-,18-/m1/s1. The van der Waals surface area contributed by atoms with Crippen LogP contribution in [-0.4, -0.2) is 28.3 Å². The number of carbonyl (C=O) groups is 1. The van der Waals surface area contributed by atoms with Gasteiger partial charge in [0.25, 0.3) is 0 Å². The molecule has 0 saturated carbocycles. The third kappa shape index (κ3) is 3.01. The van der Waals surface area contributed by atoms with Crippen LogP contribution in [0.15, 0.2) is 70.9 Å². The molecule has 2 N–H and O–H groups in total.